The number of aryl methyl sites for hydroxylation is 1. The van der Waals surface area contributed by atoms with Gasteiger partial charge in [-0.3, -0.25) is 4.79 Å². The van der Waals surface area contributed by atoms with Crippen LogP contribution in [-0.4, -0.2) is 10.5 Å². The Balaban J connectivity index is 2.81. The number of aromatic nitrogens is 1. The van der Waals surface area contributed by atoms with Crippen molar-refractivity contribution in [3.8, 4) is 0 Å². The first-order chi connectivity index (χ1) is 6.68. The summed E-state index contributed by atoms with van der Waals surface area (Å²) in [6.45, 7) is 1.46. The van der Waals surface area contributed by atoms with Crippen molar-refractivity contribution in [3.05, 3.63) is 29.1 Å². The standard InChI is InChI=1S/C10H10N2OS/c1-7(13)11-10-12(2)8-5-3-4-6-9(8)14-10/h3-6H,1-2H3. The van der Waals surface area contributed by atoms with Crippen LogP contribution >= 0.6 is 11.3 Å². The maximum absolute atomic E-state index is 10.9. The number of fused-ring (bicyclic) bond motifs is 1. The van der Waals surface area contributed by atoms with Crippen molar-refractivity contribution in [2.24, 2.45) is 12.0 Å². The van der Waals surface area contributed by atoms with Crippen LogP contribution in [0.4, 0.5) is 0 Å². The molecule has 14 heavy (non-hydrogen) atoms. The van der Waals surface area contributed by atoms with Gasteiger partial charge in [-0.1, -0.05) is 23.5 Å². The normalized spacial score (nSPS) is 12.3. The molecule has 0 spiro atoms. The summed E-state index contributed by atoms with van der Waals surface area (Å²) in [4.78, 5) is 15.6. The first-order valence-corrected chi connectivity index (χ1v) is 5.10. The quantitative estimate of drug-likeness (QED) is 0.646. The van der Waals surface area contributed by atoms with Crippen molar-refractivity contribution in [3.63, 3.8) is 0 Å². The van der Waals surface area contributed by atoms with Crippen molar-refractivity contribution < 1.29 is 4.79 Å². The Labute approximate surface area is 85.3 Å². The molecule has 0 N–H and O–H groups in total. The van der Waals surface area contributed by atoms with Crippen molar-refractivity contribution in [2.75, 3.05) is 0 Å². The Kier molecular flexibility index (Phi) is 2.21. The fourth-order valence-corrected chi connectivity index (χ4v) is 2.39. The van der Waals surface area contributed by atoms with Crippen molar-refractivity contribution in [1.29, 1.82) is 0 Å². The summed E-state index contributed by atoms with van der Waals surface area (Å²) in [6, 6.07) is 8.01. The van der Waals surface area contributed by atoms with Gasteiger partial charge >= 0.3 is 0 Å². The predicted octanol–water partition coefficient (Wildman–Crippen LogP) is 1.69. The maximum atomic E-state index is 10.9. The number of hydrogen-bond acceptors (Lipinski definition) is 2. The highest BCUT2D eigenvalue weighted by atomic mass is 32.1. The van der Waals surface area contributed by atoms with E-state index >= 15 is 0 Å². The zero-order chi connectivity index (χ0) is 10.1. The molecule has 0 unspecified atom stereocenters. The third-order valence-corrected chi connectivity index (χ3v) is 3.08. The molecular weight excluding hydrogens is 196 g/mol. The summed E-state index contributed by atoms with van der Waals surface area (Å²) in [6.07, 6.45) is 0. The lowest BCUT2D eigenvalue weighted by Crippen LogP contribution is -2.11. The fraction of sp³-hybridized carbons (Fsp3) is 0.200. The van der Waals surface area contributed by atoms with Crippen LogP contribution < -0.4 is 4.80 Å². The van der Waals surface area contributed by atoms with Crippen LogP contribution in [0.3, 0.4) is 0 Å². The first-order valence-electron chi connectivity index (χ1n) is 4.28. The van der Waals surface area contributed by atoms with Crippen LogP contribution in [0.5, 0.6) is 0 Å². The Morgan fingerprint density at radius 1 is 1.43 bits per heavy atom. The van der Waals surface area contributed by atoms with Crippen molar-refractivity contribution in [2.45, 2.75) is 6.92 Å². The highest BCUT2D eigenvalue weighted by Crippen LogP contribution is 2.14. The summed E-state index contributed by atoms with van der Waals surface area (Å²) in [7, 11) is 1.92. The van der Waals surface area contributed by atoms with Gasteiger partial charge in [0, 0.05) is 14.0 Å². The van der Waals surface area contributed by atoms with E-state index in [1.807, 2.05) is 35.9 Å². The molecule has 72 valence electrons. The summed E-state index contributed by atoms with van der Waals surface area (Å²) in [5.41, 5.74) is 1.11. The average Bonchev–Trinajstić information content (AvgIpc) is 2.44. The number of amides is 1. The molecule has 1 aromatic heterocycles. The lowest BCUT2D eigenvalue weighted by molar-refractivity contribution is -0.116. The molecule has 0 atom stereocenters. The minimum absolute atomic E-state index is 0.160. The van der Waals surface area contributed by atoms with Gasteiger partial charge < -0.3 is 4.57 Å². The number of nitrogens with zero attached hydrogens (tertiary/aromatic N) is 2. The van der Waals surface area contributed by atoms with Crippen molar-refractivity contribution >= 4 is 27.5 Å². The molecule has 0 saturated carbocycles. The van der Waals surface area contributed by atoms with E-state index < -0.39 is 0 Å². The van der Waals surface area contributed by atoms with Crippen LogP contribution in [0, 0.1) is 0 Å². The van der Waals surface area contributed by atoms with Gasteiger partial charge in [-0.2, -0.15) is 4.99 Å². The molecule has 3 nitrogen and oxygen atoms in total. The minimum atomic E-state index is -0.160. The SMILES string of the molecule is CC(=O)N=c1sc2ccccc2n1C. The second-order valence-electron chi connectivity index (χ2n) is 3.04. The van der Waals surface area contributed by atoms with E-state index in [1.165, 1.54) is 18.3 Å². The van der Waals surface area contributed by atoms with E-state index in [2.05, 4.69) is 4.99 Å². The smallest absolute Gasteiger partial charge is 0.245 e. The van der Waals surface area contributed by atoms with E-state index in [-0.39, 0.29) is 5.91 Å². The monoisotopic (exact) mass is 206 g/mol. The highest BCUT2D eigenvalue weighted by molar-refractivity contribution is 7.16. The summed E-state index contributed by atoms with van der Waals surface area (Å²) in [5, 5.41) is 0. The summed E-state index contributed by atoms with van der Waals surface area (Å²) >= 11 is 1.53. The molecule has 2 aromatic rings. The Morgan fingerprint density at radius 2 is 2.14 bits per heavy atom. The number of benzene rings is 1. The van der Waals surface area contributed by atoms with Gasteiger partial charge in [-0.25, -0.2) is 0 Å². The van der Waals surface area contributed by atoms with Gasteiger partial charge in [0.05, 0.1) is 10.2 Å². The minimum Gasteiger partial charge on any atom is -0.319 e. The van der Waals surface area contributed by atoms with Gasteiger partial charge in [-0.15, -0.1) is 0 Å². The third kappa shape index (κ3) is 1.48. The second-order valence-corrected chi connectivity index (χ2v) is 4.05. The number of thiazole rings is 1. The number of para-hydroxylation sites is 1. The number of carbonyl (C=O) groups excluding carboxylic acids is 1. The van der Waals surface area contributed by atoms with Crippen LogP contribution in [0.1, 0.15) is 6.92 Å². The van der Waals surface area contributed by atoms with Gasteiger partial charge in [0.15, 0.2) is 4.80 Å². The van der Waals surface area contributed by atoms with Crippen LogP contribution in [-0.2, 0) is 11.8 Å². The van der Waals surface area contributed by atoms with E-state index in [0.29, 0.717) is 0 Å². The molecule has 0 radical (unpaired) electrons. The molecule has 0 fully saturated rings. The zero-order valence-corrected chi connectivity index (χ0v) is 8.84. The molecule has 0 aliphatic carbocycles. The summed E-state index contributed by atoms with van der Waals surface area (Å²) < 4.78 is 3.08. The second kappa shape index (κ2) is 3.38. The molecule has 4 heteroatoms. The van der Waals surface area contributed by atoms with E-state index in [9.17, 15) is 4.79 Å². The maximum Gasteiger partial charge on any atom is 0.245 e. The lowest BCUT2D eigenvalue weighted by Gasteiger charge is -1.92. The first kappa shape index (κ1) is 9.15. The predicted molar refractivity (Wildman–Crippen MR) is 57.0 cm³/mol. The lowest BCUT2D eigenvalue weighted by atomic mass is 10.3. The van der Waals surface area contributed by atoms with E-state index in [4.69, 9.17) is 0 Å². The van der Waals surface area contributed by atoms with Crippen LogP contribution in [0.2, 0.25) is 0 Å². The Hall–Kier alpha value is -1.42. The van der Waals surface area contributed by atoms with Gasteiger partial charge in [0.1, 0.15) is 0 Å². The van der Waals surface area contributed by atoms with Gasteiger partial charge in [-0.05, 0) is 12.1 Å². The van der Waals surface area contributed by atoms with E-state index in [1.54, 1.807) is 0 Å². The van der Waals surface area contributed by atoms with Gasteiger partial charge in [0.2, 0.25) is 5.91 Å². The molecule has 2 rings (SSSR count). The third-order valence-electron chi connectivity index (χ3n) is 1.97. The molecule has 0 saturated heterocycles. The highest BCUT2D eigenvalue weighted by Gasteiger charge is 2.01. The fourth-order valence-electron chi connectivity index (χ4n) is 1.32. The molecule has 1 amide bonds. The molecule has 1 aromatic carbocycles. The zero-order valence-electron chi connectivity index (χ0n) is 8.02. The van der Waals surface area contributed by atoms with Gasteiger partial charge in [0.25, 0.3) is 0 Å². The largest absolute Gasteiger partial charge is 0.319 e. The molecular formula is C10H10N2OS. The Bertz CT molecular complexity index is 550. The molecule has 0 aliphatic heterocycles. The van der Waals surface area contributed by atoms with E-state index in [0.717, 1.165) is 15.0 Å². The molecule has 0 bridgehead atoms. The Morgan fingerprint density at radius 3 is 2.79 bits per heavy atom. The number of hydrogen-bond donors (Lipinski definition) is 0. The molecule has 1 heterocycles. The van der Waals surface area contributed by atoms with Crippen LogP contribution in [0.15, 0.2) is 29.3 Å². The topological polar surface area (TPSA) is 34.4 Å². The average molecular weight is 206 g/mol. The molecule has 0 aliphatic rings. The number of carbonyl (C=O) groups is 1. The summed E-state index contributed by atoms with van der Waals surface area (Å²) in [5.74, 6) is -0.160. The van der Waals surface area contributed by atoms with Crippen molar-refractivity contribution in [1.82, 2.24) is 4.57 Å². The number of rotatable bonds is 0. The van der Waals surface area contributed by atoms with Crippen LogP contribution in [0.25, 0.3) is 10.2 Å².